The van der Waals surface area contributed by atoms with Crippen LogP contribution in [0.15, 0.2) is 35.6 Å². The summed E-state index contributed by atoms with van der Waals surface area (Å²) in [6.45, 7) is 7.88. The molecule has 1 unspecified atom stereocenters. The molecule has 2 rings (SSSR count). The second-order valence-corrected chi connectivity index (χ2v) is 6.33. The van der Waals surface area contributed by atoms with Gasteiger partial charge >= 0.3 is 0 Å². The van der Waals surface area contributed by atoms with Crippen LogP contribution in [0.2, 0.25) is 0 Å². The Morgan fingerprint density at radius 1 is 1.22 bits per heavy atom. The summed E-state index contributed by atoms with van der Waals surface area (Å²) in [5.41, 5.74) is 1.70. The summed E-state index contributed by atoms with van der Waals surface area (Å²) >= 11 is 0. The van der Waals surface area contributed by atoms with Crippen molar-refractivity contribution in [3.8, 4) is 0 Å². The molecule has 0 aliphatic heterocycles. The van der Waals surface area contributed by atoms with Gasteiger partial charge in [-0.3, -0.25) is 9.48 Å². The number of aliphatic imine (C=N–C) groups is 1. The molecule has 0 radical (unpaired) electrons. The average Bonchev–Trinajstić information content (AvgIpc) is 3.09. The van der Waals surface area contributed by atoms with E-state index in [0.717, 1.165) is 24.4 Å². The number of carbonyl (C=O) groups excluding carboxylic acids is 1. The first-order valence-electron chi connectivity index (χ1n) is 9.28. The van der Waals surface area contributed by atoms with E-state index >= 15 is 0 Å². The highest BCUT2D eigenvalue weighted by Gasteiger charge is 2.08. The number of benzene rings is 1. The summed E-state index contributed by atoms with van der Waals surface area (Å²) < 4.78 is 1.72. The molecule has 0 bridgehead atoms. The number of aryl methyl sites for hydroxylation is 1. The Balaban J connectivity index is 1.94. The fourth-order valence-corrected chi connectivity index (χ4v) is 2.33. The monoisotopic (exact) mass is 371 g/mol. The zero-order valence-corrected chi connectivity index (χ0v) is 16.5. The zero-order valence-electron chi connectivity index (χ0n) is 16.5. The number of nitrogens with zero attached hydrogens (tertiary/aromatic N) is 4. The van der Waals surface area contributed by atoms with Crippen LogP contribution in [0, 0.1) is 0 Å². The van der Waals surface area contributed by atoms with Crippen LogP contribution in [-0.4, -0.2) is 39.2 Å². The summed E-state index contributed by atoms with van der Waals surface area (Å²) in [5.74, 6) is 1.49. The first kappa shape index (κ1) is 20.4. The highest BCUT2D eigenvalue weighted by molar-refractivity contribution is 5.94. The van der Waals surface area contributed by atoms with Gasteiger partial charge in [0.05, 0.1) is 13.1 Å². The molecule has 2 aromatic rings. The normalized spacial score (nSPS) is 12.5. The lowest BCUT2D eigenvalue weighted by Crippen LogP contribution is -2.37. The molecule has 1 atom stereocenters. The van der Waals surface area contributed by atoms with E-state index in [4.69, 9.17) is 0 Å². The number of guanidine groups is 1. The lowest BCUT2D eigenvalue weighted by molar-refractivity contribution is 0.0939. The molecule has 0 aliphatic carbocycles. The third-order valence-corrected chi connectivity index (χ3v) is 4.19. The van der Waals surface area contributed by atoms with Crippen LogP contribution < -0.4 is 16.0 Å². The molecule has 146 valence electrons. The number of carbonyl (C=O) groups is 1. The smallest absolute Gasteiger partial charge is 0.251 e. The number of rotatable bonds is 8. The van der Waals surface area contributed by atoms with E-state index in [1.54, 1.807) is 4.68 Å². The van der Waals surface area contributed by atoms with Crippen molar-refractivity contribution in [3.63, 3.8) is 0 Å². The maximum absolute atomic E-state index is 12.1. The van der Waals surface area contributed by atoms with Crippen molar-refractivity contribution >= 4 is 11.9 Å². The van der Waals surface area contributed by atoms with Gasteiger partial charge in [0.15, 0.2) is 5.96 Å². The molecular formula is C19H29N7O. The number of hydrogen-bond acceptors (Lipinski definition) is 4. The minimum absolute atomic E-state index is 0.0434. The van der Waals surface area contributed by atoms with Gasteiger partial charge < -0.3 is 16.0 Å². The Morgan fingerprint density at radius 2 is 1.96 bits per heavy atom. The lowest BCUT2D eigenvalue weighted by Gasteiger charge is -2.12. The minimum Gasteiger partial charge on any atom is -0.357 e. The Kier molecular flexibility index (Phi) is 7.79. The fraction of sp³-hybridized carbons (Fsp3) is 0.474. The molecule has 0 fully saturated rings. The van der Waals surface area contributed by atoms with Crippen molar-refractivity contribution in [2.75, 3.05) is 6.54 Å². The summed E-state index contributed by atoms with van der Waals surface area (Å²) in [7, 11) is 1.85. The number of amides is 1. The zero-order chi connectivity index (χ0) is 19.6. The Hall–Kier alpha value is -2.90. The predicted octanol–water partition coefficient (Wildman–Crippen LogP) is 1.60. The fourth-order valence-electron chi connectivity index (χ4n) is 2.33. The van der Waals surface area contributed by atoms with E-state index < -0.39 is 0 Å². The van der Waals surface area contributed by atoms with Gasteiger partial charge in [-0.15, -0.1) is 0 Å². The molecule has 0 aliphatic rings. The Morgan fingerprint density at radius 3 is 2.56 bits per heavy atom. The maximum Gasteiger partial charge on any atom is 0.251 e. The Bertz CT molecular complexity index is 752. The van der Waals surface area contributed by atoms with Crippen molar-refractivity contribution in [3.05, 3.63) is 47.5 Å². The third kappa shape index (κ3) is 6.40. The van der Waals surface area contributed by atoms with Crippen molar-refractivity contribution in [1.82, 2.24) is 30.7 Å². The topological polar surface area (TPSA) is 96.2 Å². The van der Waals surface area contributed by atoms with Crippen molar-refractivity contribution < 1.29 is 4.79 Å². The van der Waals surface area contributed by atoms with Gasteiger partial charge in [-0.2, -0.15) is 5.10 Å². The van der Waals surface area contributed by atoms with E-state index in [1.807, 2.05) is 52.1 Å². The van der Waals surface area contributed by atoms with Crippen LogP contribution in [0.25, 0.3) is 0 Å². The van der Waals surface area contributed by atoms with Crippen LogP contribution in [-0.2, 0) is 20.1 Å². The standard InChI is InChI=1S/C19H29N7O/c1-5-14(3)25-18(27)16-9-7-15(8-10-16)11-21-19(20-6-2)22-12-17-23-13-24-26(17)4/h7-10,13-14H,5-6,11-12H2,1-4H3,(H,25,27)(H2,20,21,22). The maximum atomic E-state index is 12.1. The van der Waals surface area contributed by atoms with Crippen LogP contribution in [0.5, 0.6) is 0 Å². The average molecular weight is 371 g/mol. The molecule has 0 saturated carbocycles. The quantitative estimate of drug-likeness (QED) is 0.484. The predicted molar refractivity (Wildman–Crippen MR) is 106 cm³/mol. The Labute approximate surface area is 160 Å². The lowest BCUT2D eigenvalue weighted by atomic mass is 10.1. The third-order valence-electron chi connectivity index (χ3n) is 4.19. The summed E-state index contributed by atoms with van der Waals surface area (Å²) in [5, 5.41) is 13.5. The van der Waals surface area contributed by atoms with Crippen molar-refractivity contribution in [2.24, 2.45) is 12.0 Å². The number of aromatic nitrogens is 3. The van der Waals surface area contributed by atoms with E-state index in [1.165, 1.54) is 6.33 Å². The van der Waals surface area contributed by atoms with Gasteiger partial charge in [0.2, 0.25) is 0 Å². The van der Waals surface area contributed by atoms with E-state index in [-0.39, 0.29) is 11.9 Å². The highest BCUT2D eigenvalue weighted by atomic mass is 16.1. The molecule has 3 N–H and O–H groups in total. The highest BCUT2D eigenvalue weighted by Crippen LogP contribution is 2.06. The first-order chi connectivity index (χ1) is 13.0. The second kappa shape index (κ2) is 10.3. The molecule has 27 heavy (non-hydrogen) atoms. The van der Waals surface area contributed by atoms with E-state index in [0.29, 0.717) is 24.6 Å². The van der Waals surface area contributed by atoms with Gasteiger partial charge in [0.25, 0.3) is 5.91 Å². The van der Waals surface area contributed by atoms with E-state index in [2.05, 4.69) is 31.0 Å². The van der Waals surface area contributed by atoms with Crippen molar-refractivity contribution in [1.29, 1.82) is 0 Å². The molecule has 0 saturated heterocycles. The van der Waals surface area contributed by atoms with Crippen LogP contribution in [0.4, 0.5) is 0 Å². The SMILES string of the molecule is CCNC(=NCc1ccc(C(=O)NC(C)CC)cc1)NCc1ncnn1C. The van der Waals surface area contributed by atoms with Gasteiger partial charge in [-0.1, -0.05) is 19.1 Å². The molecule has 1 amide bonds. The van der Waals surface area contributed by atoms with Gasteiger partial charge in [0.1, 0.15) is 12.2 Å². The molecule has 8 heteroatoms. The minimum atomic E-state index is -0.0434. The summed E-state index contributed by atoms with van der Waals surface area (Å²) in [6.07, 6.45) is 2.44. The van der Waals surface area contributed by atoms with Crippen LogP contribution >= 0.6 is 0 Å². The summed E-state index contributed by atoms with van der Waals surface area (Å²) in [4.78, 5) is 20.9. The summed E-state index contributed by atoms with van der Waals surface area (Å²) in [6, 6.07) is 7.71. The van der Waals surface area contributed by atoms with E-state index in [9.17, 15) is 4.79 Å². The largest absolute Gasteiger partial charge is 0.357 e. The van der Waals surface area contributed by atoms with Gasteiger partial charge in [0, 0.05) is 25.2 Å². The van der Waals surface area contributed by atoms with Gasteiger partial charge in [-0.05, 0) is 38.0 Å². The second-order valence-electron chi connectivity index (χ2n) is 6.33. The molecular weight excluding hydrogens is 342 g/mol. The number of hydrogen-bond donors (Lipinski definition) is 3. The molecule has 1 heterocycles. The van der Waals surface area contributed by atoms with Gasteiger partial charge in [-0.25, -0.2) is 9.98 Å². The number of nitrogens with one attached hydrogen (secondary N) is 3. The molecule has 0 spiro atoms. The van der Waals surface area contributed by atoms with Crippen LogP contribution in [0.1, 0.15) is 48.9 Å². The molecule has 1 aromatic heterocycles. The first-order valence-corrected chi connectivity index (χ1v) is 9.28. The van der Waals surface area contributed by atoms with Crippen molar-refractivity contribution in [2.45, 2.75) is 46.3 Å². The van der Waals surface area contributed by atoms with Crippen LogP contribution in [0.3, 0.4) is 0 Å². The molecule has 1 aromatic carbocycles. The molecule has 8 nitrogen and oxygen atoms in total.